The van der Waals surface area contributed by atoms with Gasteiger partial charge in [-0.25, -0.2) is 0 Å². The zero-order valence-corrected chi connectivity index (χ0v) is 10.2. The third-order valence-corrected chi connectivity index (χ3v) is 4.26. The smallest absolute Gasteiger partial charge is 0.306 e. The molecule has 3 rings (SSSR count). The number of hydrogen-bond acceptors (Lipinski definition) is 6. The van der Waals surface area contributed by atoms with E-state index in [-0.39, 0.29) is 36.9 Å². The number of hydrogen-bond donors (Lipinski definition) is 0. The molecule has 0 radical (unpaired) electrons. The van der Waals surface area contributed by atoms with E-state index in [1.54, 1.807) is 0 Å². The van der Waals surface area contributed by atoms with E-state index in [1.807, 2.05) is 0 Å². The highest BCUT2D eigenvalue weighted by atomic mass is 16.9. The summed E-state index contributed by atoms with van der Waals surface area (Å²) < 4.78 is 21.6. The normalized spacial score (nSPS) is 47.1. The molecular weight excluding hydrogens is 240 g/mol. The van der Waals surface area contributed by atoms with Crippen LogP contribution in [0.1, 0.15) is 19.3 Å². The lowest BCUT2D eigenvalue weighted by Gasteiger charge is -2.47. The Hall–Kier alpha value is -0.980. The minimum absolute atomic E-state index is 0.144. The van der Waals surface area contributed by atoms with Crippen molar-refractivity contribution in [2.75, 3.05) is 13.7 Å². The second kappa shape index (κ2) is 4.29. The van der Waals surface area contributed by atoms with Crippen LogP contribution in [0.3, 0.4) is 0 Å². The van der Waals surface area contributed by atoms with Gasteiger partial charge in [-0.2, -0.15) is 0 Å². The van der Waals surface area contributed by atoms with Crippen molar-refractivity contribution in [1.82, 2.24) is 0 Å². The molecule has 0 aromatic rings. The Morgan fingerprint density at radius 3 is 3.00 bits per heavy atom. The molecule has 18 heavy (non-hydrogen) atoms. The summed E-state index contributed by atoms with van der Waals surface area (Å²) in [4.78, 5) is 22.6. The molecule has 0 N–H and O–H groups in total. The zero-order valence-electron chi connectivity index (χ0n) is 10.2. The molecule has 1 saturated carbocycles. The van der Waals surface area contributed by atoms with E-state index in [0.29, 0.717) is 6.42 Å². The maximum absolute atomic E-state index is 11.4. The first kappa shape index (κ1) is 12.1. The molecule has 2 aliphatic heterocycles. The van der Waals surface area contributed by atoms with Crippen molar-refractivity contribution in [2.45, 2.75) is 37.4 Å². The van der Waals surface area contributed by atoms with Crippen LogP contribution >= 0.6 is 0 Å². The van der Waals surface area contributed by atoms with Crippen LogP contribution in [-0.4, -0.2) is 44.2 Å². The molecule has 0 bridgehead atoms. The number of rotatable bonds is 2. The van der Waals surface area contributed by atoms with E-state index >= 15 is 0 Å². The van der Waals surface area contributed by atoms with Crippen molar-refractivity contribution in [3.63, 3.8) is 0 Å². The van der Waals surface area contributed by atoms with Gasteiger partial charge in [-0.1, -0.05) is 0 Å². The van der Waals surface area contributed by atoms with E-state index in [1.165, 1.54) is 7.11 Å². The topological polar surface area (TPSA) is 71.1 Å². The summed E-state index contributed by atoms with van der Waals surface area (Å²) in [5, 5.41) is 0. The lowest BCUT2D eigenvalue weighted by atomic mass is 9.66. The maximum atomic E-state index is 11.4. The molecular formula is C12H16O6. The highest BCUT2D eigenvalue weighted by molar-refractivity contribution is 5.72. The van der Waals surface area contributed by atoms with Gasteiger partial charge in [-0.05, 0) is 12.8 Å². The minimum Gasteiger partial charge on any atom is -0.462 e. The fourth-order valence-corrected chi connectivity index (χ4v) is 3.33. The quantitative estimate of drug-likeness (QED) is 0.520. The van der Waals surface area contributed by atoms with Crippen LogP contribution < -0.4 is 0 Å². The van der Waals surface area contributed by atoms with Gasteiger partial charge in [0, 0.05) is 18.9 Å². The number of cyclic esters (lactones) is 1. The molecule has 3 aliphatic rings. The molecule has 6 nitrogen and oxygen atoms in total. The van der Waals surface area contributed by atoms with E-state index in [2.05, 4.69) is 0 Å². The average molecular weight is 256 g/mol. The first-order valence-corrected chi connectivity index (χ1v) is 6.16. The van der Waals surface area contributed by atoms with Crippen LogP contribution in [0.5, 0.6) is 0 Å². The summed E-state index contributed by atoms with van der Waals surface area (Å²) in [5.41, 5.74) is -0.710. The summed E-state index contributed by atoms with van der Waals surface area (Å²) in [7, 11) is 1.50. The standard InChI is InChI=1S/C12H16O6/c1-15-11-17-9-3-2-7(5-13)8-4-10(14)16-6-12(8,9)18-11/h5,7-9,11H,2-4,6H2,1H3. The Labute approximate surface area is 105 Å². The molecule has 6 heteroatoms. The van der Waals surface area contributed by atoms with Crippen LogP contribution in [0, 0.1) is 11.8 Å². The summed E-state index contributed by atoms with van der Waals surface area (Å²) in [6.45, 7) is -0.592. The lowest BCUT2D eigenvalue weighted by Crippen LogP contribution is -2.60. The first-order valence-electron chi connectivity index (χ1n) is 6.16. The van der Waals surface area contributed by atoms with Crippen molar-refractivity contribution in [3.8, 4) is 0 Å². The molecule has 5 unspecified atom stereocenters. The van der Waals surface area contributed by atoms with Gasteiger partial charge in [0.1, 0.15) is 18.5 Å². The van der Waals surface area contributed by atoms with Crippen LogP contribution in [0.15, 0.2) is 0 Å². The molecule has 2 heterocycles. The Bertz CT molecular complexity index is 370. The number of esters is 1. The average Bonchev–Trinajstić information content (AvgIpc) is 2.76. The fourth-order valence-electron chi connectivity index (χ4n) is 3.33. The van der Waals surface area contributed by atoms with Gasteiger partial charge in [-0.3, -0.25) is 4.79 Å². The van der Waals surface area contributed by atoms with Crippen LogP contribution in [0.2, 0.25) is 0 Å². The van der Waals surface area contributed by atoms with Crippen LogP contribution in [-0.2, 0) is 28.5 Å². The highest BCUT2D eigenvalue weighted by Gasteiger charge is 2.62. The number of methoxy groups -OCH3 is 1. The van der Waals surface area contributed by atoms with Crippen molar-refractivity contribution >= 4 is 12.3 Å². The molecule has 2 saturated heterocycles. The van der Waals surface area contributed by atoms with Crippen molar-refractivity contribution in [2.24, 2.45) is 11.8 Å². The van der Waals surface area contributed by atoms with Crippen molar-refractivity contribution < 1.29 is 28.5 Å². The fraction of sp³-hybridized carbons (Fsp3) is 0.833. The third kappa shape index (κ3) is 1.60. The van der Waals surface area contributed by atoms with Gasteiger partial charge in [0.15, 0.2) is 0 Å². The van der Waals surface area contributed by atoms with Gasteiger partial charge >= 0.3 is 5.97 Å². The molecule has 100 valence electrons. The molecule has 5 atom stereocenters. The largest absolute Gasteiger partial charge is 0.462 e. The number of carbonyl (C=O) groups excluding carboxylic acids is 2. The molecule has 1 aliphatic carbocycles. The third-order valence-electron chi connectivity index (χ3n) is 4.26. The summed E-state index contributed by atoms with van der Waals surface area (Å²) in [6, 6.07) is 0. The van der Waals surface area contributed by atoms with Gasteiger partial charge in [0.2, 0.25) is 0 Å². The molecule has 3 fully saturated rings. The van der Waals surface area contributed by atoms with Gasteiger partial charge < -0.3 is 23.7 Å². The summed E-state index contributed by atoms with van der Waals surface area (Å²) >= 11 is 0. The van der Waals surface area contributed by atoms with Gasteiger partial charge in [0.05, 0.1) is 12.5 Å². The van der Waals surface area contributed by atoms with Crippen molar-refractivity contribution in [3.05, 3.63) is 0 Å². The van der Waals surface area contributed by atoms with Crippen LogP contribution in [0.25, 0.3) is 0 Å². The molecule has 0 amide bonds. The number of aldehydes is 1. The maximum Gasteiger partial charge on any atom is 0.306 e. The Kier molecular flexibility index (Phi) is 2.88. The molecule has 0 aromatic heterocycles. The van der Waals surface area contributed by atoms with Crippen LogP contribution in [0.4, 0.5) is 0 Å². The van der Waals surface area contributed by atoms with Gasteiger partial charge in [-0.15, -0.1) is 0 Å². The first-order chi connectivity index (χ1) is 8.69. The Morgan fingerprint density at radius 2 is 2.28 bits per heavy atom. The molecule has 0 aromatic carbocycles. The van der Waals surface area contributed by atoms with Gasteiger partial charge in [0.25, 0.3) is 6.48 Å². The van der Waals surface area contributed by atoms with E-state index in [4.69, 9.17) is 18.9 Å². The van der Waals surface area contributed by atoms with E-state index in [9.17, 15) is 9.59 Å². The second-order valence-corrected chi connectivity index (χ2v) is 5.07. The minimum atomic E-state index is -0.736. The zero-order chi connectivity index (χ0) is 12.8. The highest BCUT2D eigenvalue weighted by Crippen LogP contribution is 2.50. The Balaban J connectivity index is 1.92. The predicted molar refractivity (Wildman–Crippen MR) is 57.3 cm³/mol. The summed E-state index contributed by atoms with van der Waals surface area (Å²) in [5.74, 6) is -0.619. The number of carbonyl (C=O) groups is 2. The summed E-state index contributed by atoms with van der Waals surface area (Å²) in [6.07, 6.45) is 2.40. The molecule has 1 spiro atoms. The predicted octanol–water partition coefficient (Wildman–Crippen LogP) is 0.243. The Morgan fingerprint density at radius 1 is 1.44 bits per heavy atom. The second-order valence-electron chi connectivity index (χ2n) is 5.07. The van der Waals surface area contributed by atoms with Crippen molar-refractivity contribution in [1.29, 1.82) is 0 Å². The monoisotopic (exact) mass is 256 g/mol. The SMILES string of the molecule is COC1OC2CCC(C=O)C3CC(=O)OCC23O1. The van der Waals surface area contributed by atoms with E-state index in [0.717, 1.165) is 12.7 Å². The lowest BCUT2D eigenvalue weighted by molar-refractivity contribution is -0.256. The number of ether oxygens (including phenoxy) is 4. The van der Waals surface area contributed by atoms with E-state index < -0.39 is 12.1 Å².